The first-order valence-electron chi connectivity index (χ1n) is 8.34. The lowest BCUT2D eigenvalue weighted by Gasteiger charge is -2.16. The van der Waals surface area contributed by atoms with Crippen LogP contribution >= 0.6 is 0 Å². The Labute approximate surface area is 148 Å². The van der Waals surface area contributed by atoms with E-state index in [0.717, 1.165) is 17.5 Å². The Bertz CT molecular complexity index is 708. The van der Waals surface area contributed by atoms with Crippen LogP contribution in [0.3, 0.4) is 0 Å². The third-order valence-electron chi connectivity index (χ3n) is 4.38. The number of esters is 1. The van der Waals surface area contributed by atoms with Crippen molar-refractivity contribution in [2.24, 2.45) is 5.92 Å². The van der Waals surface area contributed by atoms with E-state index in [-0.39, 0.29) is 30.9 Å². The van der Waals surface area contributed by atoms with Gasteiger partial charge < -0.3 is 14.2 Å². The van der Waals surface area contributed by atoms with Crippen molar-refractivity contribution in [3.63, 3.8) is 0 Å². The van der Waals surface area contributed by atoms with Gasteiger partial charge in [0.25, 0.3) is 0 Å². The number of benzene rings is 2. The molecule has 0 saturated carbocycles. The zero-order valence-corrected chi connectivity index (χ0v) is 14.3. The van der Waals surface area contributed by atoms with Gasteiger partial charge in [0, 0.05) is 13.0 Å². The minimum absolute atomic E-state index is 0.0144. The molecule has 2 aromatic carbocycles. The summed E-state index contributed by atoms with van der Waals surface area (Å²) in [4.78, 5) is 12.3. The lowest BCUT2D eigenvalue weighted by Crippen LogP contribution is -2.24. The van der Waals surface area contributed by atoms with E-state index in [2.05, 4.69) is 6.58 Å². The standard InChI is InChI=1S/C21H22O4/c1-3-19-13-18(21(23-2)25-19)14-24-20(22)17-11-9-16(10-12-17)15-7-5-4-6-8-15/h3-12,18-19,21H,1,13-14H2,2H3. The van der Waals surface area contributed by atoms with Crippen molar-refractivity contribution in [3.8, 4) is 11.1 Å². The molecule has 4 nitrogen and oxygen atoms in total. The fourth-order valence-electron chi connectivity index (χ4n) is 2.99. The molecule has 0 aliphatic carbocycles. The highest BCUT2D eigenvalue weighted by molar-refractivity contribution is 5.90. The number of hydrogen-bond donors (Lipinski definition) is 0. The van der Waals surface area contributed by atoms with Gasteiger partial charge in [-0.05, 0) is 29.7 Å². The Kier molecular flexibility index (Phi) is 5.64. The lowest BCUT2D eigenvalue weighted by atomic mass is 10.0. The van der Waals surface area contributed by atoms with Crippen molar-refractivity contribution in [2.75, 3.05) is 13.7 Å². The van der Waals surface area contributed by atoms with Crippen molar-refractivity contribution in [3.05, 3.63) is 72.8 Å². The average Bonchev–Trinajstić information content (AvgIpc) is 3.09. The summed E-state index contributed by atoms with van der Waals surface area (Å²) in [6, 6.07) is 17.5. The van der Waals surface area contributed by atoms with E-state index in [1.807, 2.05) is 42.5 Å². The van der Waals surface area contributed by atoms with Crippen LogP contribution in [0.1, 0.15) is 16.8 Å². The third kappa shape index (κ3) is 4.16. The molecule has 4 heteroatoms. The number of carbonyl (C=O) groups excluding carboxylic acids is 1. The summed E-state index contributed by atoms with van der Waals surface area (Å²) in [5.41, 5.74) is 2.71. The van der Waals surface area contributed by atoms with E-state index in [4.69, 9.17) is 14.2 Å². The first kappa shape index (κ1) is 17.4. The topological polar surface area (TPSA) is 44.8 Å². The fourth-order valence-corrected chi connectivity index (χ4v) is 2.99. The maximum Gasteiger partial charge on any atom is 0.338 e. The second-order valence-corrected chi connectivity index (χ2v) is 6.05. The van der Waals surface area contributed by atoms with Crippen LogP contribution in [-0.2, 0) is 14.2 Å². The van der Waals surface area contributed by atoms with Crippen LogP contribution in [0.15, 0.2) is 67.3 Å². The highest BCUT2D eigenvalue weighted by Crippen LogP contribution is 2.28. The Morgan fingerprint density at radius 2 is 1.84 bits per heavy atom. The Hall–Kier alpha value is -2.43. The molecule has 3 atom stereocenters. The van der Waals surface area contributed by atoms with Crippen molar-refractivity contribution < 1.29 is 19.0 Å². The summed E-state index contributed by atoms with van der Waals surface area (Å²) in [6.45, 7) is 4.00. The number of methoxy groups -OCH3 is 1. The molecule has 0 N–H and O–H groups in total. The van der Waals surface area contributed by atoms with Crippen LogP contribution < -0.4 is 0 Å². The SMILES string of the molecule is C=CC1CC(COC(=O)c2ccc(-c3ccccc3)cc2)C(OC)O1. The van der Waals surface area contributed by atoms with Crippen LogP contribution in [0.25, 0.3) is 11.1 Å². The Morgan fingerprint density at radius 3 is 2.48 bits per heavy atom. The van der Waals surface area contributed by atoms with E-state index in [0.29, 0.717) is 5.56 Å². The molecule has 0 amide bonds. The number of hydrogen-bond acceptors (Lipinski definition) is 4. The van der Waals surface area contributed by atoms with E-state index < -0.39 is 0 Å². The van der Waals surface area contributed by atoms with Crippen LogP contribution in [0.4, 0.5) is 0 Å². The number of rotatable bonds is 6. The molecule has 1 saturated heterocycles. The minimum Gasteiger partial charge on any atom is -0.462 e. The molecule has 0 aromatic heterocycles. The first-order chi connectivity index (χ1) is 12.2. The molecule has 1 aliphatic rings. The number of carbonyl (C=O) groups is 1. The normalized spacial score (nSPS) is 22.5. The smallest absolute Gasteiger partial charge is 0.338 e. The molecule has 25 heavy (non-hydrogen) atoms. The largest absolute Gasteiger partial charge is 0.462 e. The predicted octanol–water partition coefficient (Wildman–Crippen LogP) is 4.07. The molecule has 2 aromatic rings. The number of ether oxygens (including phenoxy) is 3. The minimum atomic E-state index is -0.365. The second-order valence-electron chi connectivity index (χ2n) is 6.05. The molecule has 3 rings (SSSR count). The summed E-state index contributed by atoms with van der Waals surface area (Å²) in [5, 5.41) is 0. The summed E-state index contributed by atoms with van der Waals surface area (Å²) in [7, 11) is 1.59. The fraction of sp³-hybridized carbons (Fsp3) is 0.286. The zero-order valence-electron chi connectivity index (χ0n) is 14.3. The molecule has 0 spiro atoms. The average molecular weight is 338 g/mol. The van der Waals surface area contributed by atoms with E-state index in [9.17, 15) is 4.79 Å². The van der Waals surface area contributed by atoms with Crippen molar-refractivity contribution >= 4 is 5.97 Å². The second kappa shape index (κ2) is 8.10. The maximum atomic E-state index is 12.3. The lowest BCUT2D eigenvalue weighted by molar-refractivity contribution is -0.129. The monoisotopic (exact) mass is 338 g/mol. The van der Waals surface area contributed by atoms with Crippen molar-refractivity contribution in [1.29, 1.82) is 0 Å². The van der Waals surface area contributed by atoms with Crippen LogP contribution in [0.5, 0.6) is 0 Å². The van der Waals surface area contributed by atoms with Gasteiger partial charge in [0.2, 0.25) is 0 Å². The predicted molar refractivity (Wildman–Crippen MR) is 96.1 cm³/mol. The molecule has 130 valence electrons. The van der Waals surface area contributed by atoms with Crippen molar-refractivity contribution in [2.45, 2.75) is 18.8 Å². The van der Waals surface area contributed by atoms with E-state index in [1.54, 1.807) is 25.3 Å². The Balaban J connectivity index is 1.59. The van der Waals surface area contributed by atoms with Crippen LogP contribution in [0.2, 0.25) is 0 Å². The third-order valence-corrected chi connectivity index (χ3v) is 4.38. The van der Waals surface area contributed by atoms with E-state index in [1.165, 1.54) is 0 Å². The molecule has 1 heterocycles. The van der Waals surface area contributed by atoms with Gasteiger partial charge in [-0.25, -0.2) is 4.79 Å². The maximum absolute atomic E-state index is 12.3. The van der Waals surface area contributed by atoms with Gasteiger partial charge in [0.15, 0.2) is 6.29 Å². The molecular formula is C21H22O4. The van der Waals surface area contributed by atoms with Crippen LogP contribution in [0, 0.1) is 5.92 Å². The molecule has 0 bridgehead atoms. The zero-order chi connectivity index (χ0) is 17.6. The van der Waals surface area contributed by atoms with Gasteiger partial charge in [-0.2, -0.15) is 0 Å². The summed E-state index contributed by atoms with van der Waals surface area (Å²) in [6.07, 6.45) is 2.06. The molecular weight excluding hydrogens is 316 g/mol. The molecule has 1 fully saturated rings. The summed E-state index contributed by atoms with van der Waals surface area (Å²) >= 11 is 0. The highest BCUT2D eigenvalue weighted by Gasteiger charge is 2.34. The van der Waals surface area contributed by atoms with Gasteiger partial charge in [-0.15, -0.1) is 6.58 Å². The Morgan fingerprint density at radius 1 is 1.16 bits per heavy atom. The molecule has 1 aliphatic heterocycles. The summed E-state index contributed by atoms with van der Waals surface area (Å²) < 4.78 is 16.4. The highest BCUT2D eigenvalue weighted by atomic mass is 16.7. The van der Waals surface area contributed by atoms with Gasteiger partial charge in [-0.3, -0.25) is 0 Å². The molecule has 0 radical (unpaired) electrons. The van der Waals surface area contributed by atoms with E-state index >= 15 is 0 Å². The van der Waals surface area contributed by atoms with Crippen molar-refractivity contribution in [1.82, 2.24) is 0 Å². The van der Waals surface area contributed by atoms with Crippen LogP contribution in [-0.4, -0.2) is 32.1 Å². The van der Waals surface area contributed by atoms with Gasteiger partial charge in [0.05, 0.1) is 18.3 Å². The van der Waals surface area contributed by atoms with Gasteiger partial charge >= 0.3 is 5.97 Å². The van der Waals surface area contributed by atoms with Gasteiger partial charge in [-0.1, -0.05) is 48.5 Å². The summed E-state index contributed by atoms with van der Waals surface area (Å²) in [5.74, 6) is -0.322. The quantitative estimate of drug-likeness (QED) is 0.588. The van der Waals surface area contributed by atoms with Gasteiger partial charge in [0.1, 0.15) is 0 Å². The molecule has 3 unspecified atom stereocenters. The first-order valence-corrected chi connectivity index (χ1v) is 8.34.